The first kappa shape index (κ1) is 7.05. The largest absolute Gasteiger partial charge is 0.366 e. The molecule has 0 saturated carbocycles. The minimum atomic E-state index is 0.282. The van der Waals surface area contributed by atoms with Gasteiger partial charge in [-0.1, -0.05) is 6.07 Å². The standard InChI is InChI=1S/C7H9N5/c8-3-5-1-2-6-10-7(9)11-12(6)4-5/h1-2,4H,3,8H2,(H2,9,11). The Bertz CT molecular complexity index is 405. The topological polar surface area (TPSA) is 82.2 Å². The van der Waals surface area contributed by atoms with E-state index in [1.54, 1.807) is 4.52 Å². The number of hydrogen-bond donors (Lipinski definition) is 2. The first-order valence-electron chi connectivity index (χ1n) is 3.60. The molecule has 0 amide bonds. The van der Waals surface area contributed by atoms with Crippen LogP contribution < -0.4 is 11.5 Å². The molecule has 2 aromatic rings. The van der Waals surface area contributed by atoms with Crippen molar-refractivity contribution in [1.29, 1.82) is 0 Å². The third-order valence-electron chi connectivity index (χ3n) is 1.64. The molecular weight excluding hydrogens is 154 g/mol. The van der Waals surface area contributed by atoms with Crippen LogP contribution >= 0.6 is 0 Å². The number of rotatable bonds is 1. The molecule has 0 fully saturated rings. The molecule has 5 nitrogen and oxygen atoms in total. The highest BCUT2D eigenvalue weighted by Crippen LogP contribution is 2.04. The zero-order chi connectivity index (χ0) is 8.55. The minimum absolute atomic E-state index is 0.282. The van der Waals surface area contributed by atoms with Gasteiger partial charge in [-0.2, -0.15) is 4.98 Å². The predicted molar refractivity (Wildman–Crippen MR) is 45.3 cm³/mol. The van der Waals surface area contributed by atoms with E-state index >= 15 is 0 Å². The third-order valence-corrected chi connectivity index (χ3v) is 1.64. The van der Waals surface area contributed by atoms with Gasteiger partial charge < -0.3 is 11.5 Å². The monoisotopic (exact) mass is 163 g/mol. The lowest BCUT2D eigenvalue weighted by atomic mass is 10.3. The summed E-state index contributed by atoms with van der Waals surface area (Å²) in [5, 5.41) is 3.95. The molecule has 0 atom stereocenters. The zero-order valence-corrected chi connectivity index (χ0v) is 6.44. The van der Waals surface area contributed by atoms with Crippen LogP contribution in [0, 0.1) is 0 Å². The number of aromatic nitrogens is 3. The zero-order valence-electron chi connectivity index (χ0n) is 6.44. The number of anilines is 1. The van der Waals surface area contributed by atoms with Gasteiger partial charge in [-0.25, -0.2) is 4.52 Å². The van der Waals surface area contributed by atoms with Crippen molar-refractivity contribution in [3.63, 3.8) is 0 Å². The van der Waals surface area contributed by atoms with Gasteiger partial charge in [-0.15, -0.1) is 5.10 Å². The normalized spacial score (nSPS) is 10.8. The van der Waals surface area contributed by atoms with Gasteiger partial charge in [-0.3, -0.25) is 0 Å². The van der Waals surface area contributed by atoms with Gasteiger partial charge >= 0.3 is 0 Å². The van der Waals surface area contributed by atoms with Crippen LogP contribution in [0.3, 0.4) is 0 Å². The van der Waals surface area contributed by atoms with E-state index in [2.05, 4.69) is 10.1 Å². The molecule has 0 bridgehead atoms. The average molecular weight is 163 g/mol. The lowest BCUT2D eigenvalue weighted by molar-refractivity contribution is 0.932. The van der Waals surface area contributed by atoms with Crippen molar-refractivity contribution in [2.24, 2.45) is 5.73 Å². The van der Waals surface area contributed by atoms with E-state index in [1.165, 1.54) is 0 Å². The Morgan fingerprint density at radius 1 is 1.42 bits per heavy atom. The summed E-state index contributed by atoms with van der Waals surface area (Å²) in [4.78, 5) is 3.98. The summed E-state index contributed by atoms with van der Waals surface area (Å²) in [7, 11) is 0. The summed E-state index contributed by atoms with van der Waals surface area (Å²) in [5.74, 6) is 0.282. The Kier molecular flexibility index (Phi) is 1.44. The van der Waals surface area contributed by atoms with E-state index in [9.17, 15) is 0 Å². The maximum Gasteiger partial charge on any atom is 0.240 e. The van der Waals surface area contributed by atoms with Gasteiger partial charge in [0.25, 0.3) is 0 Å². The Labute approximate surface area is 69.0 Å². The smallest absolute Gasteiger partial charge is 0.240 e. The second-order valence-corrected chi connectivity index (χ2v) is 2.51. The Balaban J connectivity index is 2.66. The van der Waals surface area contributed by atoms with Crippen LogP contribution in [0.4, 0.5) is 5.95 Å². The van der Waals surface area contributed by atoms with Crippen LogP contribution in [-0.2, 0) is 6.54 Å². The molecule has 0 radical (unpaired) electrons. The highest BCUT2D eigenvalue weighted by atomic mass is 15.3. The van der Waals surface area contributed by atoms with Crippen molar-refractivity contribution in [2.75, 3.05) is 5.73 Å². The molecule has 12 heavy (non-hydrogen) atoms. The van der Waals surface area contributed by atoms with Crippen molar-refractivity contribution in [2.45, 2.75) is 6.54 Å². The first-order chi connectivity index (χ1) is 5.79. The summed E-state index contributed by atoms with van der Waals surface area (Å²) in [6.07, 6.45) is 1.82. The maximum absolute atomic E-state index is 5.45. The molecule has 0 aliphatic carbocycles. The fraction of sp³-hybridized carbons (Fsp3) is 0.143. The highest BCUT2D eigenvalue weighted by Gasteiger charge is 1.98. The molecule has 0 saturated heterocycles. The van der Waals surface area contributed by atoms with E-state index in [-0.39, 0.29) is 5.95 Å². The van der Waals surface area contributed by atoms with E-state index in [4.69, 9.17) is 11.5 Å². The maximum atomic E-state index is 5.45. The number of nitrogens with two attached hydrogens (primary N) is 2. The van der Waals surface area contributed by atoms with Crippen molar-refractivity contribution >= 4 is 11.6 Å². The van der Waals surface area contributed by atoms with Gasteiger partial charge in [0.05, 0.1) is 0 Å². The SMILES string of the molecule is NCc1ccc2nc(N)nn2c1. The average Bonchev–Trinajstić information content (AvgIpc) is 2.43. The quantitative estimate of drug-likeness (QED) is 0.608. The minimum Gasteiger partial charge on any atom is -0.366 e. The third kappa shape index (κ3) is 0.998. The van der Waals surface area contributed by atoms with E-state index in [1.807, 2.05) is 18.3 Å². The molecule has 0 aliphatic heterocycles. The number of pyridine rings is 1. The second-order valence-electron chi connectivity index (χ2n) is 2.51. The second kappa shape index (κ2) is 2.46. The fourth-order valence-corrected chi connectivity index (χ4v) is 1.06. The predicted octanol–water partition coefficient (Wildman–Crippen LogP) is -0.230. The highest BCUT2D eigenvalue weighted by molar-refractivity contribution is 5.42. The van der Waals surface area contributed by atoms with Crippen LogP contribution in [0.15, 0.2) is 18.3 Å². The molecule has 4 N–H and O–H groups in total. The molecule has 62 valence electrons. The van der Waals surface area contributed by atoms with Gasteiger partial charge in [0.1, 0.15) is 0 Å². The Morgan fingerprint density at radius 3 is 3.00 bits per heavy atom. The van der Waals surface area contributed by atoms with Gasteiger partial charge in [0, 0.05) is 12.7 Å². The lowest BCUT2D eigenvalue weighted by Gasteiger charge is -1.95. The number of hydrogen-bond acceptors (Lipinski definition) is 4. The van der Waals surface area contributed by atoms with Crippen molar-refractivity contribution in [1.82, 2.24) is 14.6 Å². The van der Waals surface area contributed by atoms with Gasteiger partial charge in [-0.05, 0) is 11.6 Å². The molecule has 2 aromatic heterocycles. The van der Waals surface area contributed by atoms with E-state index < -0.39 is 0 Å². The van der Waals surface area contributed by atoms with E-state index in [0.717, 1.165) is 11.2 Å². The summed E-state index contributed by atoms with van der Waals surface area (Å²) in [6, 6.07) is 3.75. The van der Waals surface area contributed by atoms with Gasteiger partial charge in [0.2, 0.25) is 5.95 Å². The Hall–Kier alpha value is -1.62. The molecule has 2 rings (SSSR count). The Morgan fingerprint density at radius 2 is 2.25 bits per heavy atom. The molecular formula is C7H9N5. The van der Waals surface area contributed by atoms with Crippen LogP contribution in [0.5, 0.6) is 0 Å². The molecule has 0 aliphatic rings. The molecule has 0 unspecified atom stereocenters. The number of nitrogens with zero attached hydrogens (tertiary/aromatic N) is 3. The van der Waals surface area contributed by atoms with Crippen molar-refractivity contribution in [3.8, 4) is 0 Å². The first-order valence-corrected chi connectivity index (χ1v) is 3.60. The van der Waals surface area contributed by atoms with Gasteiger partial charge in [0.15, 0.2) is 5.65 Å². The van der Waals surface area contributed by atoms with Crippen molar-refractivity contribution in [3.05, 3.63) is 23.9 Å². The van der Waals surface area contributed by atoms with Crippen LogP contribution in [0.25, 0.3) is 5.65 Å². The van der Waals surface area contributed by atoms with E-state index in [0.29, 0.717) is 6.54 Å². The molecule has 0 aromatic carbocycles. The molecule has 0 spiro atoms. The van der Waals surface area contributed by atoms with Crippen LogP contribution in [0.2, 0.25) is 0 Å². The number of fused-ring (bicyclic) bond motifs is 1. The summed E-state index contributed by atoms with van der Waals surface area (Å²) in [6.45, 7) is 0.496. The van der Waals surface area contributed by atoms with Crippen LogP contribution in [0.1, 0.15) is 5.56 Å². The molecule has 2 heterocycles. The van der Waals surface area contributed by atoms with Crippen LogP contribution in [-0.4, -0.2) is 14.6 Å². The summed E-state index contributed by atoms with van der Waals surface area (Å²) in [5.41, 5.74) is 12.6. The number of nitrogen functional groups attached to an aromatic ring is 1. The lowest BCUT2D eigenvalue weighted by Crippen LogP contribution is -1.98. The summed E-state index contributed by atoms with van der Waals surface area (Å²) < 4.78 is 1.62. The fourth-order valence-electron chi connectivity index (χ4n) is 1.06. The van der Waals surface area contributed by atoms with Crippen molar-refractivity contribution < 1.29 is 0 Å². The summed E-state index contributed by atoms with van der Waals surface area (Å²) >= 11 is 0. The molecule has 5 heteroatoms.